The molecule has 0 fully saturated rings. The Morgan fingerprint density at radius 1 is 1.03 bits per heavy atom. The van der Waals surface area contributed by atoms with Crippen LogP contribution in [0.3, 0.4) is 0 Å². The summed E-state index contributed by atoms with van der Waals surface area (Å²) in [7, 11) is -0.867. The Kier molecular flexibility index (Phi) is 7.28. The number of benzene rings is 2. The van der Waals surface area contributed by atoms with Crippen LogP contribution in [-0.2, 0) is 10.0 Å². The molecular formula is C21H26ClN3O4S. The van der Waals surface area contributed by atoms with E-state index in [1.54, 1.807) is 26.0 Å². The number of nitrogens with zero attached hydrogens (tertiary/aromatic N) is 1. The molecule has 0 aliphatic heterocycles. The predicted octanol–water partition coefficient (Wildman–Crippen LogP) is 3.60. The highest BCUT2D eigenvalue weighted by atomic mass is 35.5. The second kappa shape index (κ2) is 9.16. The van der Waals surface area contributed by atoms with Gasteiger partial charge in [-0.15, -0.1) is 0 Å². The van der Waals surface area contributed by atoms with Crippen LogP contribution >= 0.6 is 11.6 Å². The summed E-state index contributed by atoms with van der Waals surface area (Å²) >= 11 is 6.05. The molecule has 9 heteroatoms. The largest absolute Gasteiger partial charge is 0.350 e. The van der Waals surface area contributed by atoms with Crippen molar-refractivity contribution in [3.63, 3.8) is 0 Å². The molecule has 0 atom stereocenters. The van der Waals surface area contributed by atoms with Crippen molar-refractivity contribution >= 4 is 39.1 Å². The average Bonchev–Trinajstić information content (AvgIpc) is 2.62. The summed E-state index contributed by atoms with van der Waals surface area (Å²) in [4.78, 5) is 25.5. The van der Waals surface area contributed by atoms with Gasteiger partial charge >= 0.3 is 0 Å². The summed E-state index contributed by atoms with van der Waals surface area (Å²) in [5.41, 5.74) is 1.88. The van der Waals surface area contributed by atoms with Crippen LogP contribution in [0.5, 0.6) is 0 Å². The molecule has 0 bridgehead atoms. The molecule has 0 saturated carbocycles. The first-order valence-corrected chi connectivity index (χ1v) is 11.1. The number of carbonyl (C=O) groups is 2. The Morgan fingerprint density at radius 3 is 2.23 bits per heavy atom. The molecule has 2 amide bonds. The molecule has 0 aliphatic carbocycles. The van der Waals surface area contributed by atoms with E-state index in [9.17, 15) is 18.0 Å². The SMILES string of the molecule is Cc1cc(C(=O)Nc2cc(Cl)ccc2C(=O)NC(C)C)cc(S(=O)(=O)N(C)C)c1C. The van der Waals surface area contributed by atoms with Crippen LogP contribution in [0.1, 0.15) is 45.7 Å². The molecule has 0 unspecified atom stereocenters. The van der Waals surface area contributed by atoms with E-state index in [-0.39, 0.29) is 33.7 Å². The van der Waals surface area contributed by atoms with E-state index in [1.165, 1.54) is 32.3 Å². The van der Waals surface area contributed by atoms with Crippen LogP contribution in [0.2, 0.25) is 5.02 Å². The lowest BCUT2D eigenvalue weighted by Gasteiger charge is -2.17. The maximum absolute atomic E-state index is 12.9. The zero-order valence-corrected chi connectivity index (χ0v) is 19.4. The summed E-state index contributed by atoms with van der Waals surface area (Å²) in [5.74, 6) is -0.901. The fourth-order valence-electron chi connectivity index (χ4n) is 2.78. The molecule has 0 aliphatic rings. The smallest absolute Gasteiger partial charge is 0.255 e. The van der Waals surface area contributed by atoms with Crippen LogP contribution < -0.4 is 10.6 Å². The number of carbonyl (C=O) groups excluding carboxylic acids is 2. The molecule has 0 aromatic heterocycles. The summed E-state index contributed by atoms with van der Waals surface area (Å²) in [6.07, 6.45) is 0. The van der Waals surface area contributed by atoms with E-state index in [4.69, 9.17) is 11.6 Å². The first kappa shape index (κ1) is 23.9. The van der Waals surface area contributed by atoms with Crippen molar-refractivity contribution in [2.75, 3.05) is 19.4 Å². The van der Waals surface area contributed by atoms with Crippen LogP contribution in [0.25, 0.3) is 0 Å². The molecule has 0 heterocycles. The van der Waals surface area contributed by atoms with Crippen LogP contribution in [0.15, 0.2) is 35.2 Å². The van der Waals surface area contributed by atoms with Gasteiger partial charge in [0.15, 0.2) is 0 Å². The minimum atomic E-state index is -3.73. The second-order valence-electron chi connectivity index (χ2n) is 7.48. The number of hydrogen-bond acceptors (Lipinski definition) is 4. The number of sulfonamides is 1. The van der Waals surface area contributed by atoms with Crippen LogP contribution in [0.4, 0.5) is 5.69 Å². The molecule has 2 aromatic rings. The van der Waals surface area contributed by atoms with Gasteiger partial charge in [0.05, 0.1) is 16.1 Å². The topological polar surface area (TPSA) is 95.6 Å². The number of anilines is 1. The number of nitrogens with one attached hydrogen (secondary N) is 2. The zero-order chi connectivity index (χ0) is 22.8. The molecule has 162 valence electrons. The van der Waals surface area contributed by atoms with Gasteiger partial charge in [-0.3, -0.25) is 9.59 Å². The molecule has 2 aromatic carbocycles. The number of rotatable bonds is 6. The number of amides is 2. The first-order chi connectivity index (χ1) is 13.8. The van der Waals surface area contributed by atoms with Gasteiger partial charge < -0.3 is 10.6 Å². The van der Waals surface area contributed by atoms with Crippen molar-refractivity contribution in [1.82, 2.24) is 9.62 Å². The monoisotopic (exact) mass is 451 g/mol. The highest BCUT2D eigenvalue weighted by molar-refractivity contribution is 7.89. The standard InChI is InChI=1S/C21H26ClN3O4S/c1-12(2)23-21(27)17-8-7-16(22)11-18(17)24-20(26)15-9-13(3)14(4)19(10-15)30(28,29)25(5)6/h7-12H,1-6H3,(H,23,27)(H,24,26). The van der Waals surface area contributed by atoms with Gasteiger partial charge in [-0.2, -0.15) is 0 Å². The lowest BCUT2D eigenvalue weighted by atomic mass is 10.1. The quantitative estimate of drug-likeness (QED) is 0.701. The maximum atomic E-state index is 12.9. The maximum Gasteiger partial charge on any atom is 0.255 e. The third-order valence-electron chi connectivity index (χ3n) is 4.53. The fraction of sp³-hybridized carbons (Fsp3) is 0.333. The minimum Gasteiger partial charge on any atom is -0.350 e. The van der Waals surface area contributed by atoms with Crippen LogP contribution in [-0.4, -0.2) is 44.7 Å². The molecular weight excluding hydrogens is 426 g/mol. The van der Waals surface area contributed by atoms with E-state index < -0.39 is 15.9 Å². The highest BCUT2D eigenvalue weighted by Crippen LogP contribution is 2.26. The van der Waals surface area contributed by atoms with Gasteiger partial charge in [-0.05, 0) is 69.2 Å². The van der Waals surface area contributed by atoms with E-state index >= 15 is 0 Å². The third-order valence-corrected chi connectivity index (χ3v) is 6.71. The minimum absolute atomic E-state index is 0.0570. The zero-order valence-electron chi connectivity index (χ0n) is 17.8. The summed E-state index contributed by atoms with van der Waals surface area (Å²) in [6.45, 7) is 7.09. The molecule has 0 spiro atoms. The van der Waals surface area contributed by atoms with Crippen molar-refractivity contribution in [2.45, 2.75) is 38.6 Å². The molecule has 2 N–H and O–H groups in total. The molecule has 0 radical (unpaired) electrons. The van der Waals surface area contributed by atoms with E-state index in [1.807, 2.05) is 13.8 Å². The number of hydrogen-bond donors (Lipinski definition) is 2. The molecule has 0 saturated heterocycles. The lowest BCUT2D eigenvalue weighted by Crippen LogP contribution is -2.31. The highest BCUT2D eigenvalue weighted by Gasteiger charge is 2.23. The lowest BCUT2D eigenvalue weighted by molar-refractivity contribution is 0.0944. The second-order valence-corrected chi connectivity index (χ2v) is 10.0. The number of aryl methyl sites for hydroxylation is 1. The average molecular weight is 452 g/mol. The van der Waals surface area contributed by atoms with E-state index in [0.717, 1.165) is 4.31 Å². The third kappa shape index (κ3) is 5.19. The van der Waals surface area contributed by atoms with Gasteiger partial charge in [0.1, 0.15) is 0 Å². The van der Waals surface area contributed by atoms with Gasteiger partial charge in [0, 0.05) is 30.7 Å². The van der Waals surface area contributed by atoms with Gasteiger partial charge in [-0.25, -0.2) is 12.7 Å². The van der Waals surface area contributed by atoms with Crippen molar-refractivity contribution in [3.8, 4) is 0 Å². The molecule has 30 heavy (non-hydrogen) atoms. The van der Waals surface area contributed by atoms with Crippen molar-refractivity contribution in [3.05, 3.63) is 57.6 Å². The van der Waals surface area contributed by atoms with Gasteiger partial charge in [0.25, 0.3) is 11.8 Å². The van der Waals surface area contributed by atoms with Crippen LogP contribution in [0, 0.1) is 13.8 Å². The first-order valence-electron chi connectivity index (χ1n) is 9.30. The van der Waals surface area contributed by atoms with Crippen molar-refractivity contribution in [2.24, 2.45) is 0 Å². The molecule has 2 rings (SSSR count). The van der Waals surface area contributed by atoms with E-state index in [2.05, 4.69) is 10.6 Å². The Bertz CT molecular complexity index is 1100. The summed E-state index contributed by atoms with van der Waals surface area (Å²) < 4.78 is 26.4. The van der Waals surface area contributed by atoms with E-state index in [0.29, 0.717) is 16.1 Å². The fourth-order valence-corrected chi connectivity index (χ4v) is 4.16. The van der Waals surface area contributed by atoms with Gasteiger partial charge in [-0.1, -0.05) is 11.6 Å². The van der Waals surface area contributed by atoms with Gasteiger partial charge in [0.2, 0.25) is 10.0 Å². The Balaban J connectivity index is 2.48. The Morgan fingerprint density at radius 2 is 1.67 bits per heavy atom. The normalized spacial score (nSPS) is 11.6. The number of halogens is 1. The molecule has 7 nitrogen and oxygen atoms in total. The summed E-state index contributed by atoms with van der Waals surface area (Å²) in [6, 6.07) is 7.42. The Labute approximate surface area is 182 Å². The summed E-state index contributed by atoms with van der Waals surface area (Å²) in [5, 5.41) is 5.80. The van der Waals surface area contributed by atoms with Crippen molar-refractivity contribution < 1.29 is 18.0 Å². The predicted molar refractivity (Wildman–Crippen MR) is 119 cm³/mol. The Hall–Kier alpha value is -2.42. The van der Waals surface area contributed by atoms with Crippen molar-refractivity contribution in [1.29, 1.82) is 0 Å².